The van der Waals surface area contributed by atoms with Crippen LogP contribution in [-0.2, 0) is 6.54 Å². The number of aromatic nitrogens is 2. The molecule has 2 aromatic heterocycles. The predicted molar refractivity (Wildman–Crippen MR) is 83.8 cm³/mol. The van der Waals surface area contributed by atoms with E-state index in [0.717, 1.165) is 5.69 Å². The molecule has 3 N–H and O–H groups in total. The van der Waals surface area contributed by atoms with E-state index in [0.29, 0.717) is 18.2 Å². The first-order valence-electron chi connectivity index (χ1n) is 5.91. The van der Waals surface area contributed by atoms with E-state index in [4.69, 9.17) is 18.0 Å². The smallest absolute Gasteiger partial charge is 0.223 e. The summed E-state index contributed by atoms with van der Waals surface area (Å²) in [5.41, 5.74) is 8.36. The molecule has 0 aromatic carbocycles. The third kappa shape index (κ3) is 3.48. The van der Waals surface area contributed by atoms with Gasteiger partial charge in [-0.1, -0.05) is 12.2 Å². The number of anilines is 1. The van der Waals surface area contributed by atoms with Crippen LogP contribution in [0.2, 0.25) is 0 Å². The molecule has 0 aliphatic heterocycles. The Balaban J connectivity index is 2.13. The van der Waals surface area contributed by atoms with Crippen molar-refractivity contribution in [3.63, 3.8) is 0 Å². The zero-order valence-corrected chi connectivity index (χ0v) is 12.8. The average molecular weight is 292 g/mol. The molecule has 0 unspecified atom stereocenters. The predicted octanol–water partition coefficient (Wildman–Crippen LogP) is 2.71. The number of hydrogen-bond donors (Lipinski definition) is 2. The van der Waals surface area contributed by atoms with E-state index in [1.807, 2.05) is 6.92 Å². The highest BCUT2D eigenvalue weighted by Crippen LogP contribution is 2.21. The second-order valence-corrected chi connectivity index (χ2v) is 6.17. The van der Waals surface area contributed by atoms with E-state index in [9.17, 15) is 0 Å². The van der Waals surface area contributed by atoms with E-state index >= 15 is 0 Å². The largest absolute Gasteiger partial charge is 0.388 e. The van der Waals surface area contributed by atoms with Crippen LogP contribution >= 0.6 is 23.6 Å². The van der Waals surface area contributed by atoms with Crippen molar-refractivity contribution in [1.82, 2.24) is 9.97 Å². The van der Waals surface area contributed by atoms with Gasteiger partial charge in [0.25, 0.3) is 0 Å². The fourth-order valence-electron chi connectivity index (χ4n) is 1.68. The van der Waals surface area contributed by atoms with Crippen molar-refractivity contribution in [3.8, 4) is 0 Å². The Kier molecular flexibility index (Phi) is 4.11. The maximum absolute atomic E-state index is 5.60. The van der Waals surface area contributed by atoms with Crippen molar-refractivity contribution < 1.29 is 0 Å². The molecule has 0 bridgehead atoms. The van der Waals surface area contributed by atoms with Crippen LogP contribution < -0.4 is 11.1 Å². The van der Waals surface area contributed by atoms with Crippen molar-refractivity contribution in [3.05, 3.63) is 38.8 Å². The normalized spacial score (nSPS) is 10.5. The Labute approximate surface area is 122 Å². The second kappa shape index (κ2) is 5.63. The van der Waals surface area contributed by atoms with Crippen LogP contribution in [0.1, 0.15) is 26.7 Å². The summed E-state index contributed by atoms with van der Waals surface area (Å²) < 4.78 is 0. The summed E-state index contributed by atoms with van der Waals surface area (Å²) in [4.78, 5) is 11.5. The fraction of sp³-hybridized carbons (Fsp3) is 0.308. The Bertz CT molecular complexity index is 600. The highest BCUT2D eigenvalue weighted by atomic mass is 32.1. The van der Waals surface area contributed by atoms with Crippen LogP contribution in [0.5, 0.6) is 0 Å². The molecule has 100 valence electrons. The molecular weight excluding hydrogens is 276 g/mol. The molecule has 0 fully saturated rings. The van der Waals surface area contributed by atoms with Gasteiger partial charge in [-0.3, -0.25) is 0 Å². The summed E-state index contributed by atoms with van der Waals surface area (Å²) >= 11 is 6.72. The number of nitrogens with one attached hydrogen (secondary N) is 1. The molecule has 0 saturated carbocycles. The van der Waals surface area contributed by atoms with Gasteiger partial charge in [0.05, 0.1) is 6.54 Å². The number of nitrogens with two attached hydrogens (primary N) is 1. The summed E-state index contributed by atoms with van der Waals surface area (Å²) in [7, 11) is 0. The lowest BCUT2D eigenvalue weighted by atomic mass is 10.3. The Morgan fingerprint density at radius 3 is 2.63 bits per heavy atom. The molecule has 6 heteroatoms. The molecule has 2 aromatic rings. The van der Waals surface area contributed by atoms with Crippen LogP contribution in [0.15, 0.2) is 12.1 Å². The Hall–Kier alpha value is -1.53. The van der Waals surface area contributed by atoms with Crippen molar-refractivity contribution in [2.75, 3.05) is 5.32 Å². The Morgan fingerprint density at radius 1 is 1.32 bits per heavy atom. The molecule has 0 amide bonds. The van der Waals surface area contributed by atoms with Crippen LogP contribution in [0.4, 0.5) is 5.95 Å². The van der Waals surface area contributed by atoms with Gasteiger partial charge in [-0.2, -0.15) is 0 Å². The van der Waals surface area contributed by atoms with Gasteiger partial charge in [-0.15, -0.1) is 11.3 Å². The number of hydrogen-bond acceptors (Lipinski definition) is 5. The van der Waals surface area contributed by atoms with E-state index in [2.05, 4.69) is 35.2 Å². The standard InChI is InChI=1S/C13H16N4S2/c1-7-4-10(19-9(7)3)6-15-13-16-8(2)5-11(17-13)12(14)18/h4-5H,6H2,1-3H3,(H2,14,18)(H,15,16,17). The molecule has 0 aliphatic rings. The number of nitrogens with zero attached hydrogens (tertiary/aromatic N) is 2. The van der Waals surface area contributed by atoms with Crippen molar-refractivity contribution >= 4 is 34.5 Å². The van der Waals surface area contributed by atoms with Gasteiger partial charge in [0.1, 0.15) is 10.7 Å². The maximum atomic E-state index is 5.60. The van der Waals surface area contributed by atoms with Gasteiger partial charge in [0.15, 0.2) is 0 Å². The number of thiophene rings is 1. The lowest BCUT2D eigenvalue weighted by molar-refractivity contribution is 1.03. The van der Waals surface area contributed by atoms with Crippen molar-refractivity contribution in [2.24, 2.45) is 5.73 Å². The van der Waals surface area contributed by atoms with Crippen molar-refractivity contribution in [2.45, 2.75) is 27.3 Å². The zero-order chi connectivity index (χ0) is 14.0. The van der Waals surface area contributed by atoms with Gasteiger partial charge in [-0.25, -0.2) is 9.97 Å². The molecule has 0 spiro atoms. The van der Waals surface area contributed by atoms with Crippen LogP contribution in [0.3, 0.4) is 0 Å². The number of aryl methyl sites for hydroxylation is 3. The first-order valence-corrected chi connectivity index (χ1v) is 7.13. The van der Waals surface area contributed by atoms with Crippen LogP contribution in [0.25, 0.3) is 0 Å². The third-order valence-electron chi connectivity index (χ3n) is 2.74. The van der Waals surface area contributed by atoms with Crippen molar-refractivity contribution in [1.29, 1.82) is 0 Å². The molecule has 0 atom stereocenters. The van der Waals surface area contributed by atoms with E-state index in [1.54, 1.807) is 17.4 Å². The molecule has 2 heterocycles. The molecule has 0 saturated heterocycles. The average Bonchev–Trinajstić information content (AvgIpc) is 2.65. The summed E-state index contributed by atoms with van der Waals surface area (Å²) in [6, 6.07) is 3.96. The lowest BCUT2D eigenvalue weighted by Crippen LogP contribution is -2.14. The highest BCUT2D eigenvalue weighted by Gasteiger charge is 2.06. The summed E-state index contributed by atoms with van der Waals surface area (Å²) in [6.07, 6.45) is 0. The lowest BCUT2D eigenvalue weighted by Gasteiger charge is -2.06. The summed E-state index contributed by atoms with van der Waals surface area (Å²) in [5, 5.41) is 3.21. The van der Waals surface area contributed by atoms with E-state index in [1.165, 1.54) is 15.3 Å². The second-order valence-electron chi connectivity index (χ2n) is 4.39. The minimum Gasteiger partial charge on any atom is -0.388 e. The molecular formula is C13H16N4S2. The molecule has 0 aliphatic carbocycles. The summed E-state index contributed by atoms with van der Waals surface area (Å²) in [6.45, 7) is 6.84. The van der Waals surface area contributed by atoms with Gasteiger partial charge in [0, 0.05) is 15.4 Å². The first kappa shape index (κ1) is 13.9. The monoisotopic (exact) mass is 292 g/mol. The minimum absolute atomic E-state index is 0.288. The fourth-order valence-corrected chi connectivity index (χ4v) is 2.77. The quantitative estimate of drug-likeness (QED) is 0.848. The third-order valence-corrected chi connectivity index (χ3v) is 4.11. The maximum Gasteiger partial charge on any atom is 0.223 e. The van der Waals surface area contributed by atoms with E-state index in [-0.39, 0.29) is 4.99 Å². The zero-order valence-electron chi connectivity index (χ0n) is 11.2. The Morgan fingerprint density at radius 2 is 2.05 bits per heavy atom. The SMILES string of the molecule is Cc1cc(C(N)=S)nc(NCc2cc(C)c(C)s2)n1. The molecule has 19 heavy (non-hydrogen) atoms. The van der Waals surface area contributed by atoms with Crippen LogP contribution in [0, 0.1) is 20.8 Å². The highest BCUT2D eigenvalue weighted by molar-refractivity contribution is 7.80. The summed E-state index contributed by atoms with van der Waals surface area (Å²) in [5.74, 6) is 0.562. The van der Waals surface area contributed by atoms with E-state index < -0.39 is 0 Å². The minimum atomic E-state index is 0.288. The van der Waals surface area contributed by atoms with Gasteiger partial charge >= 0.3 is 0 Å². The number of thiocarbonyl (C=S) groups is 1. The van der Waals surface area contributed by atoms with Gasteiger partial charge in [0.2, 0.25) is 5.95 Å². The molecule has 4 nitrogen and oxygen atoms in total. The first-order chi connectivity index (χ1) is 8.95. The van der Waals surface area contributed by atoms with Gasteiger partial charge in [-0.05, 0) is 38.5 Å². The topological polar surface area (TPSA) is 63.8 Å². The number of rotatable bonds is 4. The molecule has 0 radical (unpaired) electrons. The molecule has 2 rings (SSSR count). The van der Waals surface area contributed by atoms with Gasteiger partial charge < -0.3 is 11.1 Å². The van der Waals surface area contributed by atoms with Crippen LogP contribution in [-0.4, -0.2) is 15.0 Å².